The van der Waals surface area contributed by atoms with Crippen LogP contribution in [0.5, 0.6) is 5.75 Å². The van der Waals surface area contributed by atoms with Gasteiger partial charge in [-0.25, -0.2) is 9.78 Å². The molecule has 2 aliphatic rings. The summed E-state index contributed by atoms with van der Waals surface area (Å²) in [6, 6.07) is 10.1. The summed E-state index contributed by atoms with van der Waals surface area (Å²) in [5.74, 6) is 1.70. The summed E-state index contributed by atoms with van der Waals surface area (Å²) in [5.41, 5.74) is 5.81. The maximum absolute atomic E-state index is 12.0. The highest BCUT2D eigenvalue weighted by Gasteiger charge is 2.47. The van der Waals surface area contributed by atoms with E-state index in [1.54, 1.807) is 6.20 Å². The number of hydrogen-bond acceptors (Lipinski definition) is 8. The van der Waals surface area contributed by atoms with Crippen LogP contribution < -0.4 is 9.64 Å². The number of aryl methyl sites for hydroxylation is 2. The summed E-state index contributed by atoms with van der Waals surface area (Å²) in [5, 5.41) is 16.9. The van der Waals surface area contributed by atoms with Crippen molar-refractivity contribution in [1.29, 1.82) is 0 Å². The number of fused-ring (bicyclic) bond motifs is 1. The lowest BCUT2D eigenvalue weighted by Gasteiger charge is -2.54. The molecule has 1 N–H and O–H groups in total. The maximum Gasteiger partial charge on any atom is 0.409 e. The number of ether oxygens (including phenoxy) is 2. The lowest BCUT2D eigenvalue weighted by Crippen LogP contribution is -2.63. The number of aromatic amines is 1. The standard InChI is InChI=1S/C29H33N7O3/c1-18-13-31-32-19(2)26(18)20(3)39-22-7-8-24-23(12-22)27(34-33-24)21-6-9-25(30-14-21)36-16-29(17-36)10-5-11-35(15-29)28(37)38-4/h6-9,12-14,20H,5,10-11,15-17H2,1-4H3,(H,33,34)/t20-/m1/s1. The Bertz CT molecular complexity index is 1490. The minimum absolute atomic E-state index is 0.127. The van der Waals surface area contributed by atoms with Crippen LogP contribution in [0.3, 0.4) is 0 Å². The van der Waals surface area contributed by atoms with Crippen LogP contribution in [-0.4, -0.2) is 69.7 Å². The van der Waals surface area contributed by atoms with Gasteiger partial charge in [0.1, 0.15) is 23.4 Å². The quantitative estimate of drug-likeness (QED) is 0.393. The number of nitrogens with zero attached hydrogens (tertiary/aromatic N) is 6. The van der Waals surface area contributed by atoms with Gasteiger partial charge in [-0.1, -0.05) is 0 Å². The molecule has 0 bridgehead atoms. The van der Waals surface area contributed by atoms with Crippen molar-refractivity contribution in [1.82, 2.24) is 30.3 Å². The van der Waals surface area contributed by atoms with Gasteiger partial charge in [0.2, 0.25) is 0 Å². The second-order valence-corrected chi connectivity index (χ2v) is 10.8. The third-order valence-electron chi connectivity index (χ3n) is 8.02. The first-order chi connectivity index (χ1) is 18.9. The Hall–Kier alpha value is -4.21. The smallest absolute Gasteiger partial charge is 0.409 e. The summed E-state index contributed by atoms with van der Waals surface area (Å²) in [6.07, 6.45) is 5.37. The van der Waals surface area contributed by atoms with E-state index in [2.05, 4.69) is 31.4 Å². The van der Waals surface area contributed by atoms with Gasteiger partial charge in [0.15, 0.2) is 0 Å². The van der Waals surface area contributed by atoms with Crippen molar-refractivity contribution in [3.63, 3.8) is 0 Å². The van der Waals surface area contributed by atoms with Gasteiger partial charge in [-0.2, -0.15) is 15.3 Å². The molecule has 10 nitrogen and oxygen atoms in total. The van der Waals surface area contributed by atoms with Crippen LogP contribution in [-0.2, 0) is 4.74 Å². The van der Waals surface area contributed by atoms with E-state index in [4.69, 9.17) is 14.5 Å². The third kappa shape index (κ3) is 4.64. The Balaban J connectivity index is 1.17. The number of amides is 1. The molecule has 4 aromatic rings. The van der Waals surface area contributed by atoms with Crippen molar-refractivity contribution < 1.29 is 14.3 Å². The molecule has 202 valence electrons. The van der Waals surface area contributed by atoms with Gasteiger partial charge in [-0.3, -0.25) is 5.10 Å². The van der Waals surface area contributed by atoms with Crippen LogP contribution in [0, 0.1) is 19.3 Å². The molecule has 1 amide bonds. The summed E-state index contributed by atoms with van der Waals surface area (Å²) >= 11 is 0. The van der Waals surface area contributed by atoms with E-state index in [1.165, 1.54) is 7.11 Å². The summed E-state index contributed by atoms with van der Waals surface area (Å²) in [7, 11) is 1.45. The van der Waals surface area contributed by atoms with Crippen LogP contribution >= 0.6 is 0 Å². The Morgan fingerprint density at radius 3 is 2.72 bits per heavy atom. The molecule has 2 saturated heterocycles. The van der Waals surface area contributed by atoms with Crippen LogP contribution in [0.1, 0.15) is 42.7 Å². The molecule has 2 aliphatic heterocycles. The van der Waals surface area contributed by atoms with Gasteiger partial charge in [0.05, 0.1) is 24.5 Å². The van der Waals surface area contributed by atoms with E-state index < -0.39 is 0 Å². The first-order valence-electron chi connectivity index (χ1n) is 13.3. The highest BCUT2D eigenvalue weighted by atomic mass is 16.5. The Kier molecular flexibility index (Phi) is 6.32. The predicted molar refractivity (Wildman–Crippen MR) is 148 cm³/mol. The fraction of sp³-hybridized carbons (Fsp3) is 0.414. The predicted octanol–water partition coefficient (Wildman–Crippen LogP) is 4.84. The van der Waals surface area contributed by atoms with Crippen LogP contribution in [0.2, 0.25) is 0 Å². The first-order valence-corrected chi connectivity index (χ1v) is 13.3. The molecular formula is C29H33N7O3. The van der Waals surface area contributed by atoms with E-state index in [0.717, 1.165) is 89.6 Å². The van der Waals surface area contributed by atoms with Crippen molar-refractivity contribution in [3.8, 4) is 17.0 Å². The fourth-order valence-corrected chi connectivity index (χ4v) is 6.16. The van der Waals surface area contributed by atoms with Crippen LogP contribution in [0.25, 0.3) is 22.2 Å². The number of rotatable bonds is 5. The topological polar surface area (TPSA) is 109 Å². The number of carbonyl (C=O) groups is 1. The van der Waals surface area contributed by atoms with Gasteiger partial charge in [-0.05, 0) is 69.5 Å². The second kappa shape index (κ2) is 9.83. The molecule has 0 saturated carbocycles. The van der Waals surface area contributed by atoms with E-state index >= 15 is 0 Å². The Labute approximate surface area is 227 Å². The van der Waals surface area contributed by atoms with Crippen LogP contribution in [0.15, 0.2) is 42.7 Å². The lowest BCUT2D eigenvalue weighted by atomic mass is 9.73. The van der Waals surface area contributed by atoms with Gasteiger partial charge in [0, 0.05) is 54.3 Å². The van der Waals surface area contributed by atoms with Crippen molar-refractivity contribution in [2.45, 2.75) is 39.7 Å². The number of anilines is 1. The zero-order valence-corrected chi connectivity index (χ0v) is 22.8. The van der Waals surface area contributed by atoms with Gasteiger partial charge in [-0.15, -0.1) is 0 Å². The van der Waals surface area contributed by atoms with Gasteiger partial charge in [0.25, 0.3) is 0 Å². The van der Waals surface area contributed by atoms with E-state index in [1.807, 2.05) is 56.1 Å². The molecule has 3 aromatic heterocycles. The average Bonchev–Trinajstić information content (AvgIpc) is 3.34. The monoisotopic (exact) mass is 527 g/mol. The number of aromatic nitrogens is 5. The van der Waals surface area contributed by atoms with Crippen molar-refractivity contribution >= 4 is 22.8 Å². The normalized spacial score (nSPS) is 17.2. The number of methoxy groups -OCH3 is 1. The highest BCUT2D eigenvalue weighted by Crippen LogP contribution is 2.41. The largest absolute Gasteiger partial charge is 0.486 e. The fourth-order valence-electron chi connectivity index (χ4n) is 6.16. The number of piperidine rings is 1. The Morgan fingerprint density at radius 2 is 1.97 bits per heavy atom. The van der Waals surface area contributed by atoms with Gasteiger partial charge >= 0.3 is 6.09 Å². The summed E-state index contributed by atoms with van der Waals surface area (Å²) in [4.78, 5) is 20.9. The van der Waals surface area contributed by atoms with E-state index in [9.17, 15) is 4.79 Å². The molecule has 0 aliphatic carbocycles. The first kappa shape index (κ1) is 25.1. The molecule has 6 rings (SSSR count). The summed E-state index contributed by atoms with van der Waals surface area (Å²) in [6.45, 7) is 9.30. The number of benzene rings is 1. The number of H-pyrrole nitrogens is 1. The third-order valence-corrected chi connectivity index (χ3v) is 8.02. The number of hydrogen-bond donors (Lipinski definition) is 1. The van der Waals surface area contributed by atoms with E-state index in [-0.39, 0.29) is 17.6 Å². The van der Waals surface area contributed by atoms with Crippen LogP contribution in [0.4, 0.5) is 10.6 Å². The van der Waals surface area contributed by atoms with E-state index in [0.29, 0.717) is 0 Å². The zero-order chi connectivity index (χ0) is 27.1. The number of likely N-dealkylation sites (tertiary alicyclic amines) is 1. The second-order valence-electron chi connectivity index (χ2n) is 10.8. The molecule has 0 unspecified atom stereocenters. The minimum atomic E-state index is -0.233. The minimum Gasteiger partial charge on any atom is -0.486 e. The lowest BCUT2D eigenvalue weighted by molar-refractivity contribution is 0.0501. The van der Waals surface area contributed by atoms with Crippen molar-refractivity contribution in [2.75, 3.05) is 38.2 Å². The molecule has 1 atom stereocenters. The molecule has 1 aromatic carbocycles. The van der Waals surface area contributed by atoms with Crippen molar-refractivity contribution in [2.24, 2.45) is 5.41 Å². The molecule has 1 spiro atoms. The molecule has 0 radical (unpaired) electrons. The average molecular weight is 528 g/mol. The molecule has 2 fully saturated rings. The molecule has 10 heteroatoms. The molecule has 39 heavy (non-hydrogen) atoms. The number of nitrogens with one attached hydrogen (secondary N) is 1. The van der Waals surface area contributed by atoms with Gasteiger partial charge < -0.3 is 19.3 Å². The zero-order valence-electron chi connectivity index (χ0n) is 22.8. The number of pyridine rings is 1. The van der Waals surface area contributed by atoms with Crippen molar-refractivity contribution in [3.05, 3.63) is 59.5 Å². The molecular weight excluding hydrogens is 494 g/mol. The maximum atomic E-state index is 12.0. The highest BCUT2D eigenvalue weighted by molar-refractivity contribution is 5.93. The SMILES string of the molecule is COC(=O)N1CCCC2(C1)CN(c1ccc(-c3n[nH]c4ccc(O[C@H](C)c5c(C)cnnc5C)cc34)cn1)C2. The Morgan fingerprint density at radius 1 is 1.13 bits per heavy atom. The summed E-state index contributed by atoms with van der Waals surface area (Å²) < 4.78 is 11.3. The molecule has 5 heterocycles. The number of carbonyl (C=O) groups excluding carboxylic acids is 1.